The Hall–Kier alpha value is -1.83. The third kappa shape index (κ3) is 3.40. The van der Waals surface area contributed by atoms with Gasteiger partial charge in [0, 0.05) is 46.9 Å². The van der Waals surface area contributed by atoms with E-state index in [4.69, 9.17) is 28.9 Å². The van der Waals surface area contributed by atoms with Crippen LogP contribution in [0.4, 0.5) is 5.69 Å². The van der Waals surface area contributed by atoms with E-state index in [1.165, 1.54) is 42.7 Å². The zero-order valence-corrected chi connectivity index (χ0v) is 19.6. The number of carbonyl (C=O) groups is 2. The van der Waals surface area contributed by atoms with E-state index in [1.807, 2.05) is 0 Å². The normalized spacial score (nSPS) is 26.3. The Balaban J connectivity index is 0.00000245. The van der Waals surface area contributed by atoms with Crippen molar-refractivity contribution in [3.05, 3.63) is 63.1 Å². The number of primary amides is 1. The molecule has 9 heteroatoms. The standard InChI is InChI=1S/C23H23Cl2N3O3.ClH/c24-17-4-2-1-3-16(17)23(31)20-18(25)11-13(21(26)29)12-19(20)28(22(23)30)10-9-27-14-5-6-15(27)8-7-14;/h1-4,11-12,14-15,31H,5-10H2,(H2,26,29);1H. The number of hydrogen-bond donors (Lipinski definition) is 2. The molecular formula is C23H24Cl3N3O3. The number of aliphatic hydroxyl groups is 1. The molecule has 0 radical (unpaired) electrons. The van der Waals surface area contributed by atoms with E-state index in [0.717, 1.165) is 0 Å². The first-order valence-electron chi connectivity index (χ1n) is 10.5. The summed E-state index contributed by atoms with van der Waals surface area (Å²) in [5, 5.41) is 12.1. The van der Waals surface area contributed by atoms with Crippen molar-refractivity contribution in [1.82, 2.24) is 4.90 Å². The average molecular weight is 497 g/mol. The highest BCUT2D eigenvalue weighted by Gasteiger charge is 2.54. The van der Waals surface area contributed by atoms with E-state index in [0.29, 0.717) is 30.9 Å². The summed E-state index contributed by atoms with van der Waals surface area (Å²) in [7, 11) is 0. The summed E-state index contributed by atoms with van der Waals surface area (Å²) in [6.45, 7) is 1.07. The molecule has 3 heterocycles. The Morgan fingerprint density at radius 1 is 1.06 bits per heavy atom. The van der Waals surface area contributed by atoms with E-state index in [-0.39, 0.29) is 39.1 Å². The Morgan fingerprint density at radius 3 is 2.28 bits per heavy atom. The molecule has 0 aliphatic carbocycles. The molecular weight excluding hydrogens is 473 g/mol. The molecule has 0 saturated carbocycles. The van der Waals surface area contributed by atoms with Crippen molar-refractivity contribution in [2.24, 2.45) is 5.73 Å². The van der Waals surface area contributed by atoms with Gasteiger partial charge in [0.1, 0.15) is 0 Å². The topological polar surface area (TPSA) is 86.9 Å². The summed E-state index contributed by atoms with van der Waals surface area (Å²) >= 11 is 12.9. The molecule has 2 aromatic carbocycles. The highest BCUT2D eigenvalue weighted by Crippen LogP contribution is 2.50. The van der Waals surface area contributed by atoms with Gasteiger partial charge in [-0.25, -0.2) is 0 Å². The number of fused-ring (bicyclic) bond motifs is 3. The molecule has 0 aromatic heterocycles. The van der Waals surface area contributed by atoms with E-state index >= 15 is 0 Å². The van der Waals surface area contributed by atoms with Gasteiger partial charge in [-0.05, 0) is 43.9 Å². The molecule has 2 amide bonds. The van der Waals surface area contributed by atoms with Gasteiger partial charge in [0.2, 0.25) is 5.91 Å². The third-order valence-electron chi connectivity index (χ3n) is 7.01. The van der Waals surface area contributed by atoms with E-state index in [2.05, 4.69) is 4.90 Å². The molecule has 2 saturated heterocycles. The van der Waals surface area contributed by atoms with Crippen molar-refractivity contribution in [3.8, 4) is 0 Å². The zero-order valence-electron chi connectivity index (χ0n) is 17.3. The lowest BCUT2D eigenvalue weighted by Crippen LogP contribution is -2.45. The van der Waals surface area contributed by atoms with Crippen LogP contribution in [0.15, 0.2) is 36.4 Å². The van der Waals surface area contributed by atoms with Crippen molar-refractivity contribution in [3.63, 3.8) is 0 Å². The van der Waals surface area contributed by atoms with Gasteiger partial charge in [-0.15, -0.1) is 12.4 Å². The fourth-order valence-electron chi connectivity index (χ4n) is 5.54. The van der Waals surface area contributed by atoms with Crippen LogP contribution in [0.1, 0.15) is 47.2 Å². The van der Waals surface area contributed by atoms with Crippen LogP contribution in [0, 0.1) is 0 Å². The SMILES string of the molecule is Cl.NC(=O)c1cc(Cl)c2c(c1)N(CCN1C3CCC1CC3)C(=O)C2(O)c1ccccc1Cl. The lowest BCUT2D eigenvalue weighted by atomic mass is 9.87. The fourth-order valence-corrected chi connectivity index (χ4v) is 6.17. The van der Waals surface area contributed by atoms with Gasteiger partial charge >= 0.3 is 0 Å². The average Bonchev–Trinajstić information content (AvgIpc) is 3.38. The summed E-state index contributed by atoms with van der Waals surface area (Å²) < 4.78 is 0. The summed E-state index contributed by atoms with van der Waals surface area (Å²) in [6, 6.07) is 10.7. The minimum atomic E-state index is -2.04. The number of anilines is 1. The van der Waals surface area contributed by atoms with Gasteiger partial charge in [0.05, 0.1) is 10.7 Å². The molecule has 2 fully saturated rings. The van der Waals surface area contributed by atoms with Crippen molar-refractivity contribution in [1.29, 1.82) is 0 Å². The van der Waals surface area contributed by atoms with Crippen LogP contribution < -0.4 is 10.6 Å². The molecule has 6 nitrogen and oxygen atoms in total. The second-order valence-corrected chi connectivity index (χ2v) is 9.38. The van der Waals surface area contributed by atoms with Crippen LogP contribution >= 0.6 is 35.6 Å². The molecule has 3 aliphatic heterocycles. The molecule has 32 heavy (non-hydrogen) atoms. The molecule has 0 spiro atoms. The largest absolute Gasteiger partial charge is 0.372 e. The van der Waals surface area contributed by atoms with Crippen molar-refractivity contribution in [2.75, 3.05) is 18.0 Å². The molecule has 1 atom stereocenters. The third-order valence-corrected chi connectivity index (χ3v) is 7.64. The Labute approximate surface area is 202 Å². The minimum absolute atomic E-state index is 0. The lowest BCUT2D eigenvalue weighted by Gasteiger charge is -2.27. The first-order chi connectivity index (χ1) is 14.8. The van der Waals surface area contributed by atoms with Crippen LogP contribution in [0.5, 0.6) is 0 Å². The highest BCUT2D eigenvalue weighted by molar-refractivity contribution is 6.35. The maximum Gasteiger partial charge on any atom is 0.268 e. The second-order valence-electron chi connectivity index (χ2n) is 8.56. The van der Waals surface area contributed by atoms with Gasteiger partial charge in [-0.2, -0.15) is 0 Å². The van der Waals surface area contributed by atoms with E-state index in [9.17, 15) is 14.7 Å². The first kappa shape index (κ1) is 23.3. The van der Waals surface area contributed by atoms with Crippen LogP contribution in [-0.2, 0) is 10.4 Å². The molecule has 3 N–H and O–H groups in total. The van der Waals surface area contributed by atoms with Crippen LogP contribution in [0.2, 0.25) is 10.0 Å². The number of nitrogens with zero attached hydrogens (tertiary/aromatic N) is 2. The Kier molecular flexibility index (Phi) is 6.20. The number of nitrogens with two attached hydrogens (primary N) is 1. The molecule has 2 bridgehead atoms. The quantitative estimate of drug-likeness (QED) is 0.660. The summed E-state index contributed by atoms with van der Waals surface area (Å²) in [4.78, 5) is 29.5. The zero-order chi connectivity index (χ0) is 21.9. The Morgan fingerprint density at radius 2 is 1.69 bits per heavy atom. The summed E-state index contributed by atoms with van der Waals surface area (Å²) in [6.07, 6.45) is 4.76. The first-order valence-corrected chi connectivity index (χ1v) is 11.3. The van der Waals surface area contributed by atoms with Crippen LogP contribution in [0.3, 0.4) is 0 Å². The predicted octanol–water partition coefficient (Wildman–Crippen LogP) is 3.72. The molecule has 2 aromatic rings. The number of benzene rings is 2. The predicted molar refractivity (Wildman–Crippen MR) is 127 cm³/mol. The molecule has 3 aliphatic rings. The fraction of sp³-hybridized carbons (Fsp3) is 0.391. The number of rotatable bonds is 5. The smallest absolute Gasteiger partial charge is 0.268 e. The van der Waals surface area contributed by atoms with Gasteiger partial charge in [-0.1, -0.05) is 41.4 Å². The highest BCUT2D eigenvalue weighted by atomic mass is 35.5. The van der Waals surface area contributed by atoms with Crippen LogP contribution in [-0.4, -0.2) is 47.0 Å². The maximum absolute atomic E-state index is 13.7. The molecule has 170 valence electrons. The van der Waals surface area contributed by atoms with Crippen molar-refractivity contribution < 1.29 is 14.7 Å². The van der Waals surface area contributed by atoms with Crippen molar-refractivity contribution in [2.45, 2.75) is 43.4 Å². The van der Waals surface area contributed by atoms with Gasteiger partial charge in [0.25, 0.3) is 5.91 Å². The Bertz CT molecular complexity index is 1080. The van der Waals surface area contributed by atoms with Crippen molar-refractivity contribution >= 4 is 53.1 Å². The number of hydrogen-bond acceptors (Lipinski definition) is 4. The van der Waals surface area contributed by atoms with Gasteiger partial charge in [-0.3, -0.25) is 14.5 Å². The lowest BCUT2D eigenvalue weighted by molar-refractivity contribution is -0.132. The van der Waals surface area contributed by atoms with Gasteiger partial charge < -0.3 is 15.7 Å². The number of carbonyl (C=O) groups excluding carboxylic acids is 2. The number of halogens is 3. The number of amides is 2. The van der Waals surface area contributed by atoms with E-state index in [1.54, 1.807) is 24.3 Å². The molecule has 1 unspecified atom stereocenters. The minimum Gasteiger partial charge on any atom is -0.372 e. The summed E-state index contributed by atoms with van der Waals surface area (Å²) in [5.74, 6) is -1.17. The van der Waals surface area contributed by atoms with Gasteiger partial charge in [0.15, 0.2) is 5.60 Å². The summed E-state index contributed by atoms with van der Waals surface area (Å²) in [5.41, 5.74) is 4.54. The molecule has 5 rings (SSSR count). The monoisotopic (exact) mass is 495 g/mol. The second kappa shape index (κ2) is 8.50. The van der Waals surface area contributed by atoms with Crippen LogP contribution in [0.25, 0.3) is 0 Å². The maximum atomic E-state index is 13.7. The van der Waals surface area contributed by atoms with E-state index < -0.39 is 17.4 Å².